The number of pyridine rings is 1. The fourth-order valence-corrected chi connectivity index (χ4v) is 5.55. The SMILES string of the molecule is C[C@@H]1Cc2cc(OS(=O)(=O)C(F)(F)F)ccc2C(c2ccc(OC3CCN(CCCF)C3)cn2)N1CC(F)(F)F. The highest BCUT2D eigenvalue weighted by molar-refractivity contribution is 7.88. The van der Waals surface area contributed by atoms with Gasteiger partial charge in [-0.2, -0.15) is 34.8 Å². The largest absolute Gasteiger partial charge is 0.534 e. The lowest BCUT2D eigenvalue weighted by Crippen LogP contribution is -2.47. The number of rotatable bonds is 9. The molecule has 3 atom stereocenters. The molecule has 0 radical (unpaired) electrons. The molecule has 2 aliphatic heterocycles. The van der Waals surface area contributed by atoms with Crippen LogP contribution >= 0.6 is 0 Å². The van der Waals surface area contributed by atoms with Crippen molar-refractivity contribution in [3.63, 3.8) is 0 Å². The maximum atomic E-state index is 13.5. The van der Waals surface area contributed by atoms with Crippen molar-refractivity contribution in [1.82, 2.24) is 14.8 Å². The number of benzene rings is 1. The van der Waals surface area contributed by atoms with Gasteiger partial charge in [-0.25, -0.2) is 0 Å². The van der Waals surface area contributed by atoms with Gasteiger partial charge < -0.3 is 8.92 Å². The monoisotopic (exact) mass is 599 g/mol. The zero-order chi connectivity index (χ0) is 29.3. The van der Waals surface area contributed by atoms with E-state index in [0.29, 0.717) is 36.4 Å². The molecular weight excluding hydrogens is 571 g/mol. The van der Waals surface area contributed by atoms with Gasteiger partial charge in [-0.15, -0.1) is 0 Å². The van der Waals surface area contributed by atoms with Crippen molar-refractivity contribution in [2.75, 3.05) is 32.9 Å². The van der Waals surface area contributed by atoms with Crippen molar-refractivity contribution in [2.45, 2.75) is 56.1 Å². The van der Waals surface area contributed by atoms with E-state index in [1.807, 2.05) is 0 Å². The maximum Gasteiger partial charge on any atom is 0.534 e. The van der Waals surface area contributed by atoms with Crippen LogP contribution in [0.2, 0.25) is 0 Å². The quantitative estimate of drug-likeness (QED) is 0.228. The van der Waals surface area contributed by atoms with Crippen LogP contribution in [0.15, 0.2) is 36.5 Å². The third kappa shape index (κ3) is 7.16. The number of likely N-dealkylation sites (tertiary alicyclic amines) is 1. The van der Waals surface area contributed by atoms with E-state index in [9.17, 15) is 39.2 Å². The van der Waals surface area contributed by atoms with E-state index >= 15 is 0 Å². The van der Waals surface area contributed by atoms with Gasteiger partial charge >= 0.3 is 21.8 Å². The first-order valence-electron chi connectivity index (χ1n) is 12.5. The topological polar surface area (TPSA) is 72.0 Å². The lowest BCUT2D eigenvalue weighted by atomic mass is 9.86. The molecule has 1 aromatic carbocycles. The van der Waals surface area contributed by atoms with Crippen LogP contribution in [-0.2, 0) is 16.5 Å². The first kappa shape index (κ1) is 30.3. The van der Waals surface area contributed by atoms with Crippen LogP contribution in [0.3, 0.4) is 0 Å². The Morgan fingerprint density at radius 3 is 2.42 bits per heavy atom. The van der Waals surface area contributed by atoms with Crippen molar-refractivity contribution in [3.05, 3.63) is 53.3 Å². The molecule has 0 bridgehead atoms. The van der Waals surface area contributed by atoms with E-state index in [0.717, 1.165) is 25.1 Å². The minimum absolute atomic E-state index is 0.00690. The summed E-state index contributed by atoms with van der Waals surface area (Å²) >= 11 is 0. The summed E-state index contributed by atoms with van der Waals surface area (Å²) in [5, 5.41) is 0. The summed E-state index contributed by atoms with van der Waals surface area (Å²) < 4.78 is 124. The van der Waals surface area contributed by atoms with Crippen LogP contribution < -0.4 is 8.92 Å². The fraction of sp³-hybridized carbons (Fsp3) is 0.560. The first-order chi connectivity index (χ1) is 18.7. The Morgan fingerprint density at radius 2 is 1.80 bits per heavy atom. The number of hydrogen-bond acceptors (Lipinski definition) is 7. The van der Waals surface area contributed by atoms with Crippen LogP contribution in [0, 0.1) is 0 Å². The Bertz CT molecular complexity index is 1270. The van der Waals surface area contributed by atoms with Crippen molar-refractivity contribution in [1.29, 1.82) is 0 Å². The molecule has 4 rings (SSSR count). The zero-order valence-electron chi connectivity index (χ0n) is 21.4. The van der Waals surface area contributed by atoms with E-state index in [1.165, 1.54) is 30.2 Å². The number of ether oxygens (including phenoxy) is 1. The minimum atomic E-state index is -5.92. The molecule has 2 unspecified atom stereocenters. The highest BCUT2D eigenvalue weighted by atomic mass is 32.2. The number of fused-ring (bicyclic) bond motifs is 1. The molecule has 3 heterocycles. The summed E-state index contributed by atoms with van der Waals surface area (Å²) in [6.45, 7) is 1.86. The Labute approximate surface area is 227 Å². The van der Waals surface area contributed by atoms with E-state index < -0.39 is 52.9 Å². The Balaban J connectivity index is 1.59. The Kier molecular flexibility index (Phi) is 8.85. The predicted octanol–water partition coefficient (Wildman–Crippen LogP) is 5.02. The molecule has 2 aliphatic rings. The second-order valence-corrected chi connectivity index (χ2v) is 11.4. The average molecular weight is 600 g/mol. The van der Waals surface area contributed by atoms with Crippen molar-refractivity contribution in [3.8, 4) is 11.5 Å². The van der Waals surface area contributed by atoms with Crippen LogP contribution in [0.25, 0.3) is 0 Å². The van der Waals surface area contributed by atoms with E-state index in [-0.39, 0.29) is 18.2 Å². The first-order valence-corrected chi connectivity index (χ1v) is 13.9. The summed E-state index contributed by atoms with van der Waals surface area (Å²) in [6, 6.07) is 4.70. The molecular formula is C25H28F7N3O4S. The van der Waals surface area contributed by atoms with Gasteiger partial charge in [0.2, 0.25) is 0 Å². The molecule has 1 aromatic heterocycles. The molecule has 15 heteroatoms. The van der Waals surface area contributed by atoms with Gasteiger partial charge in [0.1, 0.15) is 17.6 Å². The molecule has 0 spiro atoms. The van der Waals surface area contributed by atoms with Gasteiger partial charge in [-0.1, -0.05) is 6.07 Å². The van der Waals surface area contributed by atoms with Crippen LogP contribution in [0.5, 0.6) is 11.5 Å². The highest BCUT2D eigenvalue weighted by Gasteiger charge is 2.49. The molecule has 0 N–H and O–H groups in total. The number of nitrogens with zero attached hydrogens (tertiary/aromatic N) is 3. The molecule has 7 nitrogen and oxygen atoms in total. The predicted molar refractivity (Wildman–Crippen MR) is 130 cm³/mol. The van der Waals surface area contributed by atoms with Crippen LogP contribution in [0.1, 0.15) is 42.6 Å². The third-order valence-corrected chi connectivity index (χ3v) is 7.83. The zero-order valence-corrected chi connectivity index (χ0v) is 22.2. The van der Waals surface area contributed by atoms with Crippen molar-refractivity contribution >= 4 is 10.1 Å². The average Bonchev–Trinajstić information content (AvgIpc) is 3.29. The fourth-order valence-electron chi connectivity index (χ4n) is 5.10. The summed E-state index contributed by atoms with van der Waals surface area (Å²) in [4.78, 5) is 7.64. The lowest BCUT2D eigenvalue weighted by molar-refractivity contribution is -0.155. The van der Waals surface area contributed by atoms with E-state index in [2.05, 4.69) is 14.1 Å². The molecule has 222 valence electrons. The summed E-state index contributed by atoms with van der Waals surface area (Å²) in [6.07, 6.45) is -2.12. The number of alkyl halides is 7. The summed E-state index contributed by atoms with van der Waals surface area (Å²) in [7, 11) is -5.92. The Morgan fingerprint density at radius 1 is 1.07 bits per heavy atom. The standard InChI is InChI=1S/C25H28F7N3O4S/c1-16-11-17-12-18(39-40(36,37)25(30,31)32)3-5-21(17)23(35(16)15-24(27,28)29)22-6-4-19(13-33-22)38-20-7-10-34(14-20)9-2-8-26/h3-6,12-13,16,20,23H,2,7-11,14-15H2,1H3/t16-,20?,23?/m1/s1. The number of halogens is 7. The second-order valence-electron chi connectivity index (χ2n) is 9.88. The molecule has 40 heavy (non-hydrogen) atoms. The maximum absolute atomic E-state index is 13.5. The van der Waals surface area contributed by atoms with Gasteiger partial charge in [0.25, 0.3) is 0 Å². The van der Waals surface area contributed by atoms with Crippen LogP contribution in [0.4, 0.5) is 30.7 Å². The van der Waals surface area contributed by atoms with E-state index in [1.54, 1.807) is 6.07 Å². The van der Waals surface area contributed by atoms with Crippen LogP contribution in [-0.4, -0.2) is 79.9 Å². The van der Waals surface area contributed by atoms with Gasteiger partial charge in [-0.3, -0.25) is 19.2 Å². The number of hydrogen-bond donors (Lipinski definition) is 0. The minimum Gasteiger partial charge on any atom is -0.487 e. The smallest absolute Gasteiger partial charge is 0.487 e. The second kappa shape index (κ2) is 11.7. The molecule has 0 aliphatic carbocycles. The Hall–Kier alpha value is -2.65. The van der Waals surface area contributed by atoms with Crippen molar-refractivity contribution in [2.24, 2.45) is 0 Å². The molecule has 1 saturated heterocycles. The molecule has 0 saturated carbocycles. The van der Waals surface area contributed by atoms with Crippen molar-refractivity contribution < 1.29 is 48.1 Å². The summed E-state index contributed by atoms with van der Waals surface area (Å²) in [5.41, 5.74) is -4.72. The molecule has 2 aromatic rings. The summed E-state index contributed by atoms with van der Waals surface area (Å²) in [5.74, 6) is -0.186. The van der Waals surface area contributed by atoms with Gasteiger partial charge in [0, 0.05) is 25.7 Å². The third-order valence-electron chi connectivity index (χ3n) is 6.85. The number of aromatic nitrogens is 1. The van der Waals surface area contributed by atoms with Gasteiger partial charge in [0.15, 0.2) is 0 Å². The lowest BCUT2D eigenvalue weighted by Gasteiger charge is -2.42. The van der Waals surface area contributed by atoms with Gasteiger partial charge in [-0.05, 0) is 61.6 Å². The highest BCUT2D eigenvalue weighted by Crippen LogP contribution is 2.41. The van der Waals surface area contributed by atoms with E-state index in [4.69, 9.17) is 4.74 Å². The molecule has 0 amide bonds. The molecule has 1 fully saturated rings. The normalized spacial score (nSPS) is 22.8. The van der Waals surface area contributed by atoms with Gasteiger partial charge in [0.05, 0.1) is 31.2 Å².